The number of methoxy groups -OCH3 is 1. The topological polar surface area (TPSA) is 142 Å². The monoisotopic (exact) mass is 570 g/mol. The molecule has 41 heavy (non-hydrogen) atoms. The molecule has 0 spiro atoms. The van der Waals surface area contributed by atoms with Crippen molar-refractivity contribution in [3.05, 3.63) is 47.6 Å². The molecule has 0 aromatic carbocycles. The number of cyclic esters (lactones) is 1. The van der Waals surface area contributed by atoms with Crippen LogP contribution in [0.25, 0.3) is 0 Å². The molecule has 222 valence electrons. The van der Waals surface area contributed by atoms with Gasteiger partial charge in [-0.3, -0.25) is 19.2 Å². The molecule has 1 heterocycles. The fourth-order valence-corrected chi connectivity index (χ4v) is 7.77. The maximum atomic E-state index is 13.1. The highest BCUT2D eigenvalue weighted by atomic mass is 16.6. The summed E-state index contributed by atoms with van der Waals surface area (Å²) in [7, 11) is 1.28. The van der Waals surface area contributed by atoms with Crippen LogP contribution in [0.1, 0.15) is 54.4 Å². The second-order valence-corrected chi connectivity index (χ2v) is 12.3. The number of carbonyl (C=O) groups excluding carboxylic acids is 5. The number of fused-ring (bicyclic) bond motifs is 1. The van der Waals surface area contributed by atoms with E-state index in [1.165, 1.54) is 33.1 Å². The van der Waals surface area contributed by atoms with E-state index in [9.17, 15) is 29.1 Å². The van der Waals surface area contributed by atoms with Crippen LogP contribution in [-0.2, 0) is 42.9 Å². The van der Waals surface area contributed by atoms with Crippen LogP contribution in [0.4, 0.5) is 0 Å². The van der Waals surface area contributed by atoms with Gasteiger partial charge in [0.1, 0.15) is 12.2 Å². The number of hydrogen-bond acceptors (Lipinski definition) is 10. The van der Waals surface area contributed by atoms with E-state index in [4.69, 9.17) is 18.9 Å². The molecule has 0 radical (unpaired) electrons. The maximum absolute atomic E-state index is 13.1. The molecular weight excluding hydrogens is 532 g/mol. The summed E-state index contributed by atoms with van der Waals surface area (Å²) < 4.78 is 21.9. The van der Waals surface area contributed by atoms with Crippen molar-refractivity contribution < 1.29 is 48.0 Å². The van der Waals surface area contributed by atoms with Crippen LogP contribution in [0.3, 0.4) is 0 Å². The second-order valence-electron chi connectivity index (χ2n) is 12.3. The molecule has 3 aliphatic carbocycles. The van der Waals surface area contributed by atoms with E-state index < -0.39 is 76.4 Å². The SMILES string of the molecule is C=C1C2=CC[C@H](C3=CC(=O)OC3O)[C@]2(C)[C@@H](OC(C)=O)[C@H](OC(C)=O)[C@@H]1[C@@]1(C)C=CC(=O)C(C)(C)[C@@H]1CC(=O)OC. The average molecular weight is 571 g/mol. The second kappa shape index (κ2) is 10.4. The molecule has 4 aliphatic rings. The van der Waals surface area contributed by atoms with E-state index in [1.807, 2.05) is 19.9 Å². The largest absolute Gasteiger partial charge is 0.469 e. The standard InChI is InChI=1S/C31H38O10/c1-15-19-9-10-20(18-13-24(36)41-28(18)37)31(19,7)27(40-17(3)33)26(39-16(2)32)25(15)30(6)12-11-22(34)29(4,5)21(30)14-23(35)38-8/h9,11-13,20-21,25-28,37H,1,10,14H2,2-8H3/t20-,21+,25-,26-,27+,28?,30+,31-/m1/s1. The number of rotatable bonds is 6. The van der Waals surface area contributed by atoms with Gasteiger partial charge < -0.3 is 24.1 Å². The molecule has 10 nitrogen and oxygen atoms in total. The molecule has 0 bridgehead atoms. The number of ether oxygens (including phenoxy) is 4. The third-order valence-electron chi connectivity index (χ3n) is 9.72. The van der Waals surface area contributed by atoms with Gasteiger partial charge in [-0.1, -0.05) is 46.4 Å². The van der Waals surface area contributed by atoms with Crippen LogP contribution in [0, 0.1) is 34.0 Å². The Hall–Kier alpha value is -3.53. The molecule has 1 aliphatic heterocycles. The Morgan fingerprint density at radius 2 is 1.73 bits per heavy atom. The number of allylic oxidation sites excluding steroid dienone is 3. The minimum absolute atomic E-state index is 0.0949. The summed E-state index contributed by atoms with van der Waals surface area (Å²) in [5.74, 6) is -4.48. The summed E-state index contributed by atoms with van der Waals surface area (Å²) in [4.78, 5) is 63.0. The molecule has 8 atom stereocenters. The lowest BCUT2D eigenvalue weighted by atomic mass is 9.47. The fraction of sp³-hybridized carbons (Fsp3) is 0.581. The van der Waals surface area contributed by atoms with Crippen LogP contribution in [0.15, 0.2) is 47.6 Å². The highest BCUT2D eigenvalue weighted by Gasteiger charge is 2.66. The summed E-state index contributed by atoms with van der Waals surface area (Å²) in [6, 6.07) is 0. The van der Waals surface area contributed by atoms with Gasteiger partial charge in [-0.15, -0.1) is 0 Å². The van der Waals surface area contributed by atoms with Crippen molar-refractivity contribution in [2.45, 2.75) is 72.9 Å². The van der Waals surface area contributed by atoms with Gasteiger partial charge in [-0.2, -0.15) is 0 Å². The van der Waals surface area contributed by atoms with Crippen molar-refractivity contribution in [2.24, 2.45) is 34.0 Å². The van der Waals surface area contributed by atoms with E-state index in [2.05, 4.69) is 6.58 Å². The average Bonchev–Trinajstić information content (AvgIpc) is 3.39. The number of aliphatic hydroxyl groups excluding tert-OH is 1. The van der Waals surface area contributed by atoms with Gasteiger partial charge in [-0.05, 0) is 29.6 Å². The van der Waals surface area contributed by atoms with Crippen molar-refractivity contribution >= 4 is 29.7 Å². The maximum Gasteiger partial charge on any atom is 0.333 e. The summed E-state index contributed by atoms with van der Waals surface area (Å²) >= 11 is 0. The zero-order chi connectivity index (χ0) is 30.7. The summed E-state index contributed by atoms with van der Waals surface area (Å²) in [5, 5.41) is 10.6. The van der Waals surface area contributed by atoms with Gasteiger partial charge in [0.25, 0.3) is 0 Å². The van der Waals surface area contributed by atoms with Crippen LogP contribution in [0.5, 0.6) is 0 Å². The predicted octanol–water partition coefficient (Wildman–Crippen LogP) is 3.14. The first-order valence-corrected chi connectivity index (χ1v) is 13.6. The summed E-state index contributed by atoms with van der Waals surface area (Å²) in [6.07, 6.45) is 3.01. The first-order valence-electron chi connectivity index (χ1n) is 13.6. The lowest BCUT2D eigenvalue weighted by Crippen LogP contribution is -2.62. The molecule has 0 saturated heterocycles. The third kappa shape index (κ3) is 4.75. The Labute approximate surface area is 239 Å². The smallest absolute Gasteiger partial charge is 0.333 e. The lowest BCUT2D eigenvalue weighted by Gasteiger charge is -2.58. The molecule has 1 N–H and O–H groups in total. The van der Waals surface area contributed by atoms with Gasteiger partial charge in [0.2, 0.25) is 6.29 Å². The molecular formula is C31H38O10. The Balaban J connectivity index is 1.94. The van der Waals surface area contributed by atoms with Gasteiger partial charge in [0.15, 0.2) is 5.78 Å². The number of esters is 4. The van der Waals surface area contributed by atoms with E-state index in [-0.39, 0.29) is 12.2 Å². The van der Waals surface area contributed by atoms with Crippen molar-refractivity contribution in [2.75, 3.05) is 7.11 Å². The first kappa shape index (κ1) is 30.4. The van der Waals surface area contributed by atoms with Crippen LogP contribution in [-0.4, -0.2) is 60.4 Å². The Morgan fingerprint density at radius 3 is 2.27 bits per heavy atom. The van der Waals surface area contributed by atoms with Crippen molar-refractivity contribution in [3.8, 4) is 0 Å². The lowest BCUT2D eigenvalue weighted by molar-refractivity contribution is -0.192. The van der Waals surface area contributed by atoms with Gasteiger partial charge in [0, 0.05) is 53.6 Å². The summed E-state index contributed by atoms with van der Waals surface area (Å²) in [5.41, 5.74) is -1.44. The quantitative estimate of drug-likeness (QED) is 0.374. The van der Waals surface area contributed by atoms with Crippen molar-refractivity contribution in [1.82, 2.24) is 0 Å². The van der Waals surface area contributed by atoms with Crippen LogP contribution in [0.2, 0.25) is 0 Å². The van der Waals surface area contributed by atoms with E-state index in [0.29, 0.717) is 17.6 Å². The van der Waals surface area contributed by atoms with E-state index in [1.54, 1.807) is 19.9 Å². The number of aliphatic hydroxyl groups is 1. The Morgan fingerprint density at radius 1 is 1.10 bits per heavy atom. The molecule has 4 rings (SSSR count). The van der Waals surface area contributed by atoms with E-state index >= 15 is 0 Å². The normalized spacial score (nSPS) is 37.5. The number of carbonyl (C=O) groups is 5. The minimum atomic E-state index is -1.47. The Bertz CT molecular complexity index is 1300. The van der Waals surface area contributed by atoms with Gasteiger partial charge in [0.05, 0.1) is 13.5 Å². The molecule has 1 fully saturated rings. The zero-order valence-electron chi connectivity index (χ0n) is 24.5. The number of hydrogen-bond donors (Lipinski definition) is 1. The number of ketones is 1. The third-order valence-corrected chi connectivity index (χ3v) is 9.72. The fourth-order valence-electron chi connectivity index (χ4n) is 7.77. The van der Waals surface area contributed by atoms with Crippen LogP contribution >= 0.6 is 0 Å². The van der Waals surface area contributed by atoms with Gasteiger partial charge >= 0.3 is 23.9 Å². The van der Waals surface area contributed by atoms with Crippen LogP contribution < -0.4 is 0 Å². The van der Waals surface area contributed by atoms with E-state index in [0.717, 1.165) is 5.57 Å². The molecule has 0 aromatic rings. The minimum Gasteiger partial charge on any atom is -0.469 e. The predicted molar refractivity (Wildman–Crippen MR) is 144 cm³/mol. The highest BCUT2D eigenvalue weighted by Crippen LogP contribution is 2.65. The van der Waals surface area contributed by atoms with Gasteiger partial charge in [-0.25, -0.2) is 4.79 Å². The molecule has 0 amide bonds. The first-order chi connectivity index (χ1) is 19.0. The molecule has 10 heteroatoms. The highest BCUT2D eigenvalue weighted by molar-refractivity contribution is 5.96. The zero-order valence-corrected chi connectivity index (χ0v) is 24.5. The summed E-state index contributed by atoms with van der Waals surface area (Å²) in [6.45, 7) is 14.2. The van der Waals surface area contributed by atoms with Crippen molar-refractivity contribution in [1.29, 1.82) is 0 Å². The molecule has 0 aromatic heterocycles. The molecule has 1 unspecified atom stereocenters. The van der Waals surface area contributed by atoms with Crippen molar-refractivity contribution in [3.63, 3.8) is 0 Å². The Kier molecular flexibility index (Phi) is 7.71. The molecule has 1 saturated carbocycles.